The van der Waals surface area contributed by atoms with E-state index in [1.165, 1.54) is 7.05 Å². The number of imide groups is 1. The Labute approximate surface area is 204 Å². The second-order valence-corrected chi connectivity index (χ2v) is 9.65. The van der Waals surface area contributed by atoms with Gasteiger partial charge in [0.1, 0.15) is 18.3 Å². The summed E-state index contributed by atoms with van der Waals surface area (Å²) in [5.41, 5.74) is 3.32. The van der Waals surface area contributed by atoms with Gasteiger partial charge < -0.3 is 29.6 Å². The maximum Gasteiger partial charge on any atom is 0.262 e. The molecule has 0 unspecified atom stereocenters. The van der Waals surface area contributed by atoms with E-state index in [9.17, 15) is 24.9 Å². The van der Waals surface area contributed by atoms with E-state index >= 15 is 0 Å². The first kappa shape index (κ1) is 21.5. The van der Waals surface area contributed by atoms with Crippen LogP contribution in [0, 0.1) is 0 Å². The zero-order valence-electron chi connectivity index (χ0n) is 19.5. The normalized spacial score (nSPS) is 26.7. The number of nitrogens with zero attached hydrogens (tertiary/aromatic N) is 2. The van der Waals surface area contributed by atoms with Crippen LogP contribution < -0.4 is 0 Å². The highest BCUT2D eigenvalue weighted by Crippen LogP contribution is 2.46. The van der Waals surface area contributed by atoms with Crippen LogP contribution in [0.1, 0.15) is 33.9 Å². The van der Waals surface area contributed by atoms with Gasteiger partial charge in [0.25, 0.3) is 11.8 Å². The summed E-state index contributed by atoms with van der Waals surface area (Å²) in [5, 5.41) is 34.7. The number of nitrogens with one attached hydrogen (secondary N) is 1. The zero-order valence-corrected chi connectivity index (χ0v) is 19.5. The number of aromatic amines is 1. The molecular weight excluding hydrogens is 462 g/mol. The van der Waals surface area contributed by atoms with E-state index in [1.807, 2.05) is 48.5 Å². The van der Waals surface area contributed by atoms with Gasteiger partial charge in [0.05, 0.1) is 33.8 Å². The van der Waals surface area contributed by atoms with Crippen molar-refractivity contribution < 1.29 is 29.6 Å². The topological polar surface area (TPSA) is 128 Å². The van der Waals surface area contributed by atoms with Crippen LogP contribution in [0.4, 0.5) is 0 Å². The molecule has 2 amide bonds. The molecule has 4 heterocycles. The van der Waals surface area contributed by atoms with Gasteiger partial charge in [0, 0.05) is 34.1 Å². The van der Waals surface area contributed by atoms with E-state index in [0.717, 1.165) is 15.8 Å². The zero-order chi connectivity index (χ0) is 25.0. The first-order chi connectivity index (χ1) is 17.3. The monoisotopic (exact) mass is 485 g/mol. The maximum absolute atomic E-state index is 13.5. The van der Waals surface area contributed by atoms with E-state index in [0.29, 0.717) is 43.8 Å². The van der Waals surface area contributed by atoms with Gasteiger partial charge in [-0.25, -0.2) is 0 Å². The predicted molar refractivity (Wildman–Crippen MR) is 133 cm³/mol. The quantitative estimate of drug-likeness (QED) is 0.270. The minimum Gasteiger partial charge on any atom is -0.388 e. The van der Waals surface area contributed by atoms with Gasteiger partial charge in [-0.1, -0.05) is 36.4 Å². The minimum absolute atomic E-state index is 0.309. The van der Waals surface area contributed by atoms with Crippen LogP contribution in [0.5, 0.6) is 0 Å². The highest BCUT2D eigenvalue weighted by atomic mass is 16.5. The minimum atomic E-state index is -1.44. The number of carbonyl (C=O) groups excluding carboxylic acids is 2. The molecule has 0 radical (unpaired) electrons. The first-order valence-corrected chi connectivity index (χ1v) is 11.8. The number of H-pyrrole nitrogens is 1. The Morgan fingerprint density at radius 1 is 0.833 bits per heavy atom. The van der Waals surface area contributed by atoms with Gasteiger partial charge >= 0.3 is 0 Å². The summed E-state index contributed by atoms with van der Waals surface area (Å²) < 4.78 is 7.85. The summed E-state index contributed by atoms with van der Waals surface area (Å²) in [5.74, 6) is -0.770. The number of aliphatic hydroxyl groups excluding tert-OH is 3. The van der Waals surface area contributed by atoms with Gasteiger partial charge in [-0.05, 0) is 19.1 Å². The third kappa shape index (κ3) is 2.47. The van der Waals surface area contributed by atoms with E-state index in [2.05, 4.69) is 4.98 Å². The van der Waals surface area contributed by atoms with E-state index < -0.39 is 36.6 Å². The molecule has 0 saturated carbocycles. The molecular formula is C27H23N3O6. The Morgan fingerprint density at radius 2 is 1.47 bits per heavy atom. The molecule has 0 bridgehead atoms. The Morgan fingerprint density at radius 3 is 2.22 bits per heavy atom. The van der Waals surface area contributed by atoms with Crippen LogP contribution in [-0.4, -0.2) is 73.0 Å². The van der Waals surface area contributed by atoms with Crippen molar-refractivity contribution in [2.24, 2.45) is 0 Å². The van der Waals surface area contributed by atoms with E-state index in [-0.39, 0.29) is 5.91 Å². The van der Waals surface area contributed by atoms with Crippen molar-refractivity contribution in [3.05, 3.63) is 59.7 Å². The summed E-state index contributed by atoms with van der Waals surface area (Å²) in [7, 11) is 1.48. The van der Waals surface area contributed by atoms with Crippen molar-refractivity contribution >= 4 is 55.4 Å². The van der Waals surface area contributed by atoms with Crippen molar-refractivity contribution in [3.63, 3.8) is 0 Å². The van der Waals surface area contributed by atoms with Crippen LogP contribution in [0.3, 0.4) is 0 Å². The Hall–Kier alpha value is -3.76. The molecule has 9 heteroatoms. The molecule has 1 saturated heterocycles. The summed E-state index contributed by atoms with van der Waals surface area (Å²) >= 11 is 0. The third-order valence-corrected chi connectivity index (χ3v) is 7.72. The highest BCUT2D eigenvalue weighted by Gasteiger charge is 2.45. The van der Waals surface area contributed by atoms with Gasteiger partial charge in [0.15, 0.2) is 6.23 Å². The standard InChI is InChI=1S/C27H23N3O6/c1-11-22(31)23(32)24(33)27(36-11)30-15-10-6-4-8-13(15)17-19-18(25(34)29(2)26(19)35)16-12-7-3-5-9-14(12)28-20(16)21(17)30/h3-11,22-24,27-28,31-33H,1-2H3/t11-,22+,23+,24-,27+/m0/s1. The summed E-state index contributed by atoms with van der Waals surface area (Å²) in [6.07, 6.45) is -5.95. The Kier molecular flexibility index (Phi) is 4.27. The predicted octanol–water partition coefficient (Wildman–Crippen LogP) is 2.65. The fourth-order valence-corrected chi connectivity index (χ4v) is 5.95. The molecule has 2 aliphatic heterocycles. The van der Waals surface area contributed by atoms with Crippen molar-refractivity contribution in [2.75, 3.05) is 7.05 Å². The van der Waals surface area contributed by atoms with E-state index in [4.69, 9.17) is 4.74 Å². The van der Waals surface area contributed by atoms with Crippen molar-refractivity contribution in [3.8, 4) is 0 Å². The number of fused-ring (bicyclic) bond motifs is 10. The van der Waals surface area contributed by atoms with E-state index in [1.54, 1.807) is 11.5 Å². The van der Waals surface area contributed by atoms with Gasteiger partial charge in [-0.15, -0.1) is 0 Å². The Bertz CT molecular complexity index is 1770. The van der Waals surface area contributed by atoms with Crippen LogP contribution in [0.25, 0.3) is 43.6 Å². The number of amides is 2. The summed E-state index contributed by atoms with van der Waals surface area (Å²) in [6, 6.07) is 15.0. The Balaban J connectivity index is 1.73. The number of rotatable bonds is 1. The lowest BCUT2D eigenvalue weighted by molar-refractivity contribution is -0.238. The third-order valence-electron chi connectivity index (χ3n) is 7.72. The molecule has 2 aromatic heterocycles. The fourth-order valence-electron chi connectivity index (χ4n) is 5.95. The molecule has 5 atom stereocenters. The highest BCUT2D eigenvalue weighted by molar-refractivity contribution is 6.39. The lowest BCUT2D eigenvalue weighted by Crippen LogP contribution is -2.54. The van der Waals surface area contributed by atoms with Gasteiger partial charge in [0.2, 0.25) is 0 Å². The maximum atomic E-state index is 13.5. The number of ether oxygens (including phenoxy) is 1. The van der Waals surface area contributed by atoms with Crippen LogP contribution in [-0.2, 0) is 4.74 Å². The number of aromatic nitrogens is 2. The SMILES string of the molecule is C[C@@H]1O[C@@H](n2c3ccccc3c3c4c(c5c6ccccc6[nH]c5c32)C(=O)N(C)C4=O)[C@@H](O)[C@H](O)[C@@H]1O. The largest absolute Gasteiger partial charge is 0.388 e. The second kappa shape index (κ2) is 7.14. The number of benzene rings is 3. The molecule has 0 aliphatic carbocycles. The molecule has 5 aromatic rings. The van der Waals surface area contributed by atoms with Crippen molar-refractivity contribution in [1.29, 1.82) is 0 Å². The first-order valence-electron chi connectivity index (χ1n) is 11.8. The number of hydrogen-bond acceptors (Lipinski definition) is 6. The molecule has 2 aliphatic rings. The fraction of sp³-hybridized carbons (Fsp3) is 0.259. The number of aliphatic hydroxyl groups is 3. The molecule has 7 rings (SSSR count). The average Bonchev–Trinajstić information content (AvgIpc) is 3.50. The van der Waals surface area contributed by atoms with Crippen molar-refractivity contribution in [1.82, 2.24) is 14.5 Å². The van der Waals surface area contributed by atoms with Crippen LogP contribution in [0.15, 0.2) is 48.5 Å². The number of para-hydroxylation sites is 2. The lowest BCUT2D eigenvalue weighted by Gasteiger charge is -2.40. The average molecular weight is 485 g/mol. The lowest BCUT2D eigenvalue weighted by atomic mass is 9.96. The van der Waals surface area contributed by atoms with Gasteiger partial charge in [-0.3, -0.25) is 14.5 Å². The molecule has 1 fully saturated rings. The number of hydrogen-bond donors (Lipinski definition) is 4. The molecule has 9 nitrogen and oxygen atoms in total. The molecule has 3 aromatic carbocycles. The smallest absolute Gasteiger partial charge is 0.262 e. The molecule has 182 valence electrons. The molecule has 4 N–H and O–H groups in total. The van der Waals surface area contributed by atoms with Crippen LogP contribution in [0.2, 0.25) is 0 Å². The summed E-state index contributed by atoms with van der Waals surface area (Å²) in [4.78, 5) is 31.4. The second-order valence-electron chi connectivity index (χ2n) is 9.65. The molecule has 0 spiro atoms. The summed E-state index contributed by atoms with van der Waals surface area (Å²) in [6.45, 7) is 1.63. The van der Waals surface area contributed by atoms with Crippen molar-refractivity contribution in [2.45, 2.75) is 37.6 Å². The number of carbonyl (C=O) groups is 2. The van der Waals surface area contributed by atoms with Gasteiger partial charge in [-0.2, -0.15) is 0 Å². The van der Waals surface area contributed by atoms with Crippen LogP contribution >= 0.6 is 0 Å². The molecule has 36 heavy (non-hydrogen) atoms.